The number of anilines is 2. The average molecular weight is 606 g/mol. The summed E-state index contributed by atoms with van der Waals surface area (Å²) in [5.74, 6) is -0.988. The molecule has 42 heavy (non-hydrogen) atoms. The Labute approximate surface area is 234 Å². The van der Waals surface area contributed by atoms with Crippen molar-refractivity contribution < 1.29 is 28.1 Å². The van der Waals surface area contributed by atoms with Gasteiger partial charge < -0.3 is 31.2 Å². The van der Waals surface area contributed by atoms with Crippen molar-refractivity contribution in [2.75, 3.05) is 24.6 Å². The third-order valence-corrected chi connectivity index (χ3v) is 7.82. The zero-order valence-corrected chi connectivity index (χ0v) is 22.3. The fourth-order valence-electron chi connectivity index (χ4n) is 4.94. The van der Waals surface area contributed by atoms with Gasteiger partial charge in [-0.1, -0.05) is 0 Å². The number of hydrogen-bond acceptors (Lipinski definition) is 14. The van der Waals surface area contributed by atoms with Crippen molar-refractivity contribution in [2.24, 2.45) is 5.92 Å². The first-order valence-corrected chi connectivity index (χ1v) is 14.0. The molecule has 6 unspecified atom stereocenters. The number of nitrogens with one attached hydrogen (secondary N) is 3. The van der Waals surface area contributed by atoms with Crippen LogP contribution >= 0.6 is 0 Å². The van der Waals surface area contributed by atoms with Crippen molar-refractivity contribution >= 4 is 44.4 Å². The highest BCUT2D eigenvalue weighted by atomic mass is 32.2. The Kier molecular flexibility index (Phi) is 6.87. The van der Waals surface area contributed by atoms with Gasteiger partial charge in [-0.05, 0) is 0 Å². The summed E-state index contributed by atoms with van der Waals surface area (Å²) in [6.07, 6.45) is -1.58. The summed E-state index contributed by atoms with van der Waals surface area (Å²) < 4.78 is 45.6. The van der Waals surface area contributed by atoms with Crippen LogP contribution < -0.4 is 27.3 Å². The van der Waals surface area contributed by atoms with Gasteiger partial charge in [-0.25, -0.2) is 9.97 Å². The van der Waals surface area contributed by atoms with Gasteiger partial charge in [-0.2, -0.15) is 9.97 Å². The Bertz CT molecular complexity index is 1960. The number of nitrogen functional groups attached to an aromatic ring is 2. The topological polar surface area (TPSA) is 289 Å². The summed E-state index contributed by atoms with van der Waals surface area (Å²) in [5, 5.41) is 20.3. The number of aliphatic hydroxyl groups is 2. The number of aliphatic hydroxyl groups excluding tert-OH is 2. The zero-order valence-electron chi connectivity index (χ0n) is 21.5. The molecule has 4 aromatic heterocycles. The summed E-state index contributed by atoms with van der Waals surface area (Å²) >= 11 is 0. The maximum atomic E-state index is 12.6. The van der Waals surface area contributed by atoms with E-state index in [-0.39, 0.29) is 53.6 Å². The maximum Gasteiger partial charge on any atom is 0.558 e. The Morgan fingerprint density at radius 3 is 2.12 bits per heavy atom. The van der Waals surface area contributed by atoms with Crippen molar-refractivity contribution in [1.82, 2.24) is 43.8 Å². The smallest absolute Gasteiger partial charge is 0.394 e. The average Bonchev–Trinajstić information content (AvgIpc) is 3.70. The van der Waals surface area contributed by atoms with Gasteiger partial charge in [0.05, 0.1) is 35.7 Å². The molecule has 0 saturated carbocycles. The molecule has 0 aromatic carbocycles. The molecule has 0 spiro atoms. The lowest BCUT2D eigenvalue weighted by Gasteiger charge is -2.14. The van der Waals surface area contributed by atoms with Crippen LogP contribution in [0.4, 0.5) is 11.9 Å². The predicted molar refractivity (Wildman–Crippen MR) is 143 cm³/mol. The van der Waals surface area contributed by atoms with Crippen molar-refractivity contribution in [3.05, 3.63) is 37.6 Å². The first kappa shape index (κ1) is 27.7. The molecule has 0 aliphatic carbocycles. The summed E-state index contributed by atoms with van der Waals surface area (Å²) in [4.78, 5) is 45.0. The van der Waals surface area contributed by atoms with E-state index in [1.54, 1.807) is 0 Å². The van der Waals surface area contributed by atoms with Crippen LogP contribution in [0.5, 0.6) is 0 Å². The molecule has 2 saturated heterocycles. The molecule has 0 bridgehead atoms. The normalized spacial score (nSPS) is 26.1. The lowest BCUT2D eigenvalue weighted by Crippen LogP contribution is -2.35. The number of aromatic nitrogens is 8. The number of fused-ring (bicyclic) bond motifs is 2. The Morgan fingerprint density at radius 1 is 1.00 bits per heavy atom. The molecule has 2 aliphatic rings. The molecule has 2 fully saturated rings. The summed E-state index contributed by atoms with van der Waals surface area (Å²) in [7, 11) is -4.30. The summed E-state index contributed by atoms with van der Waals surface area (Å²) in [6.45, 7) is -0.789. The van der Waals surface area contributed by atoms with E-state index in [4.69, 9.17) is 20.9 Å². The number of rotatable bonds is 6. The molecule has 222 valence electrons. The van der Waals surface area contributed by atoms with Gasteiger partial charge in [0.25, 0.3) is 11.1 Å². The van der Waals surface area contributed by atoms with E-state index in [0.29, 0.717) is 0 Å². The molecule has 2 aliphatic heterocycles. The van der Waals surface area contributed by atoms with Crippen LogP contribution in [0.2, 0.25) is 0 Å². The third-order valence-electron chi connectivity index (χ3n) is 6.95. The van der Waals surface area contributed by atoms with Gasteiger partial charge in [0.15, 0.2) is 22.3 Å². The molecule has 9 N–H and O–H groups in total. The van der Waals surface area contributed by atoms with Crippen LogP contribution in [-0.4, -0.2) is 89.1 Å². The standard InChI is InChI=1S/C21H24N12O8S/c22-20-28-16-14(18(36)30-20)24-6-32(16)12-1-8(11(5-34)41-12)3-26-42(38,39)27-4-10-9(35)2-13(40-10)33-7-25-15-17(33)29-21(23)31-19(15)37/h6-13,27,34-35H,1-2,4-5H2,(H5-,22,23,28,29,30,31,36,37)/p+1. The number of ether oxygens (including phenoxy) is 2. The predicted octanol–water partition coefficient (Wildman–Crippen LogP) is -2.87. The molecular weight excluding hydrogens is 580 g/mol. The fourth-order valence-corrected chi connectivity index (χ4v) is 5.65. The van der Waals surface area contributed by atoms with E-state index in [0.717, 1.165) is 0 Å². The first-order valence-electron chi connectivity index (χ1n) is 12.5. The van der Waals surface area contributed by atoms with Crippen molar-refractivity contribution in [2.45, 2.75) is 43.6 Å². The lowest BCUT2D eigenvalue weighted by molar-refractivity contribution is -0.0252. The molecule has 21 heteroatoms. The monoisotopic (exact) mass is 605 g/mol. The minimum atomic E-state index is -4.30. The van der Waals surface area contributed by atoms with E-state index in [2.05, 4.69) is 44.9 Å². The number of nitrogens with zero attached hydrogens (tertiary/aromatic N) is 7. The second-order valence-corrected chi connectivity index (χ2v) is 11.1. The number of aromatic amines is 2. The number of nitrogens with two attached hydrogens (primary N) is 2. The van der Waals surface area contributed by atoms with Gasteiger partial charge in [0.2, 0.25) is 11.9 Å². The second-order valence-electron chi connectivity index (χ2n) is 9.68. The van der Waals surface area contributed by atoms with E-state index in [9.17, 15) is 28.2 Å². The number of H-pyrrole nitrogens is 2. The SMILES string of the molecule is Nc1nc2c(ncn2C2CC(O)C(CNS(=O)(=O)[N+]#CC3CC(n4cnc5c(=O)[nH]c(N)nc54)OC3CO)O2)c(=O)[nH]1. The maximum absolute atomic E-state index is 12.6. The van der Waals surface area contributed by atoms with Crippen LogP contribution in [0.3, 0.4) is 0 Å². The van der Waals surface area contributed by atoms with Gasteiger partial charge in [-0.15, -0.1) is 13.1 Å². The molecular formula is C21H25N12O8S+. The highest BCUT2D eigenvalue weighted by Crippen LogP contribution is 2.34. The Hall–Kier alpha value is -4.46. The van der Waals surface area contributed by atoms with Crippen molar-refractivity contribution in [3.8, 4) is 6.07 Å². The van der Waals surface area contributed by atoms with E-state index < -0.39 is 64.6 Å². The van der Waals surface area contributed by atoms with Crippen molar-refractivity contribution in [3.63, 3.8) is 0 Å². The zero-order chi connectivity index (χ0) is 29.8. The number of imidazole rings is 2. The van der Waals surface area contributed by atoms with Crippen LogP contribution in [0.1, 0.15) is 25.3 Å². The van der Waals surface area contributed by atoms with Crippen LogP contribution in [0.15, 0.2) is 22.2 Å². The van der Waals surface area contributed by atoms with Gasteiger partial charge >= 0.3 is 16.3 Å². The van der Waals surface area contributed by atoms with Crippen LogP contribution in [0.25, 0.3) is 26.6 Å². The van der Waals surface area contributed by atoms with Crippen LogP contribution in [-0.2, 0) is 19.7 Å². The quantitative estimate of drug-likeness (QED) is 0.116. The first-order chi connectivity index (χ1) is 20.0. The second kappa shape index (κ2) is 10.4. The van der Waals surface area contributed by atoms with Gasteiger partial charge in [-0.3, -0.25) is 28.7 Å². The van der Waals surface area contributed by atoms with Crippen molar-refractivity contribution in [1.29, 1.82) is 0 Å². The molecule has 0 amide bonds. The lowest BCUT2D eigenvalue weighted by atomic mass is 10.0. The van der Waals surface area contributed by atoms with E-state index >= 15 is 0 Å². The number of hydrogen-bond donors (Lipinski definition) is 7. The molecule has 20 nitrogen and oxygen atoms in total. The Morgan fingerprint density at radius 2 is 1.55 bits per heavy atom. The van der Waals surface area contributed by atoms with Gasteiger partial charge in [0.1, 0.15) is 24.5 Å². The van der Waals surface area contributed by atoms with E-state index in [1.165, 1.54) is 21.8 Å². The van der Waals surface area contributed by atoms with Gasteiger partial charge in [0, 0.05) is 19.4 Å². The van der Waals surface area contributed by atoms with Crippen LogP contribution in [0, 0.1) is 12.0 Å². The minimum Gasteiger partial charge on any atom is -0.394 e. The third kappa shape index (κ3) is 5.06. The highest BCUT2D eigenvalue weighted by Gasteiger charge is 2.41. The summed E-state index contributed by atoms with van der Waals surface area (Å²) in [5.41, 5.74) is 10.6. The fraction of sp³-hybridized carbons (Fsp3) is 0.476. The largest absolute Gasteiger partial charge is 0.558 e. The molecule has 6 atom stereocenters. The summed E-state index contributed by atoms with van der Waals surface area (Å²) in [6, 6.07) is 2.51. The minimum absolute atomic E-state index is 0.0333. The highest BCUT2D eigenvalue weighted by molar-refractivity contribution is 7.91. The Balaban J connectivity index is 1.12. The van der Waals surface area contributed by atoms with E-state index in [1.807, 2.05) is 0 Å². The molecule has 0 radical (unpaired) electrons. The molecule has 6 heterocycles. The molecule has 6 rings (SSSR count). The molecule has 4 aromatic rings.